The fourth-order valence-electron chi connectivity index (χ4n) is 3.14. The van der Waals surface area contributed by atoms with Crippen molar-refractivity contribution >= 4 is 24.8 Å². The molecule has 1 heterocycles. The van der Waals surface area contributed by atoms with Crippen molar-refractivity contribution in [2.75, 3.05) is 26.2 Å². The fourth-order valence-corrected chi connectivity index (χ4v) is 3.14. The van der Waals surface area contributed by atoms with Gasteiger partial charge in [0.15, 0.2) is 0 Å². The number of aliphatic hydroxyl groups is 1. The Labute approximate surface area is 157 Å². The van der Waals surface area contributed by atoms with Crippen molar-refractivity contribution < 1.29 is 5.11 Å². The molecule has 0 bridgehead atoms. The largest absolute Gasteiger partial charge is 0.395 e. The van der Waals surface area contributed by atoms with E-state index in [1.165, 1.54) is 11.1 Å². The number of rotatable bonds is 5. The number of piperazine rings is 1. The Bertz CT molecular complexity index is 568. The van der Waals surface area contributed by atoms with Crippen LogP contribution in [0.15, 0.2) is 60.7 Å². The maximum absolute atomic E-state index is 9.75. The van der Waals surface area contributed by atoms with Crippen molar-refractivity contribution in [1.82, 2.24) is 9.80 Å². The molecule has 2 aromatic rings. The monoisotopic (exact) mass is 368 g/mol. The number of aliphatic hydroxyl groups excluding tert-OH is 1. The van der Waals surface area contributed by atoms with Gasteiger partial charge in [0.1, 0.15) is 0 Å². The van der Waals surface area contributed by atoms with Crippen LogP contribution in [0, 0.1) is 0 Å². The van der Waals surface area contributed by atoms with Crippen LogP contribution in [0.25, 0.3) is 0 Å². The van der Waals surface area contributed by atoms with Gasteiger partial charge in [0.2, 0.25) is 0 Å². The van der Waals surface area contributed by atoms with Crippen LogP contribution < -0.4 is 0 Å². The first-order valence-electron chi connectivity index (χ1n) is 8.00. The molecule has 0 unspecified atom stereocenters. The van der Waals surface area contributed by atoms with Gasteiger partial charge in [0, 0.05) is 38.8 Å². The molecular formula is C19H26Cl2N2O. The second kappa shape index (κ2) is 10.7. The summed E-state index contributed by atoms with van der Waals surface area (Å²) in [6.07, 6.45) is 0. The minimum absolute atomic E-state index is 0. The topological polar surface area (TPSA) is 26.7 Å². The summed E-state index contributed by atoms with van der Waals surface area (Å²) in [4.78, 5) is 4.84. The van der Waals surface area contributed by atoms with Crippen LogP contribution in [0.5, 0.6) is 0 Å². The highest BCUT2D eigenvalue weighted by atomic mass is 35.5. The lowest BCUT2D eigenvalue weighted by Crippen LogP contribution is -2.53. The molecule has 3 rings (SSSR count). The van der Waals surface area contributed by atoms with Gasteiger partial charge in [-0.15, -0.1) is 24.8 Å². The Balaban J connectivity index is 0.00000144. The van der Waals surface area contributed by atoms with E-state index in [0.29, 0.717) is 0 Å². The van der Waals surface area contributed by atoms with Crippen LogP contribution in [-0.2, 0) is 13.1 Å². The number of hydrogen-bond donors (Lipinski definition) is 1. The van der Waals surface area contributed by atoms with Crippen LogP contribution in [0.1, 0.15) is 11.1 Å². The molecule has 0 spiro atoms. The first-order chi connectivity index (χ1) is 10.8. The van der Waals surface area contributed by atoms with Gasteiger partial charge in [0.05, 0.1) is 6.61 Å². The summed E-state index contributed by atoms with van der Waals surface area (Å²) in [5, 5.41) is 9.75. The molecule has 0 amide bonds. The van der Waals surface area contributed by atoms with E-state index in [2.05, 4.69) is 64.4 Å². The Morgan fingerprint density at radius 1 is 0.792 bits per heavy atom. The number of nitrogens with zero attached hydrogens (tertiary/aromatic N) is 2. The van der Waals surface area contributed by atoms with Gasteiger partial charge in [-0.3, -0.25) is 9.80 Å². The summed E-state index contributed by atoms with van der Waals surface area (Å²) >= 11 is 0. The molecule has 1 fully saturated rings. The van der Waals surface area contributed by atoms with E-state index in [9.17, 15) is 5.11 Å². The fraction of sp³-hybridized carbons (Fsp3) is 0.368. The molecule has 132 valence electrons. The Morgan fingerprint density at radius 2 is 1.33 bits per heavy atom. The molecule has 1 saturated heterocycles. The molecule has 0 aliphatic carbocycles. The summed E-state index contributed by atoms with van der Waals surface area (Å²) < 4.78 is 0. The van der Waals surface area contributed by atoms with Gasteiger partial charge in [-0.1, -0.05) is 60.7 Å². The SMILES string of the molecule is Cl.Cl.OC[C@H]1CN(Cc2ccccc2)CCN1Cc1ccccc1. The third-order valence-corrected chi connectivity index (χ3v) is 4.38. The molecule has 1 aliphatic heterocycles. The highest BCUT2D eigenvalue weighted by Crippen LogP contribution is 2.16. The van der Waals surface area contributed by atoms with Crippen molar-refractivity contribution in [3.63, 3.8) is 0 Å². The second-order valence-electron chi connectivity index (χ2n) is 6.01. The number of hydrogen-bond acceptors (Lipinski definition) is 3. The molecular weight excluding hydrogens is 343 g/mol. The van der Waals surface area contributed by atoms with E-state index < -0.39 is 0 Å². The number of benzene rings is 2. The summed E-state index contributed by atoms with van der Waals surface area (Å²) in [6.45, 7) is 5.10. The van der Waals surface area contributed by atoms with E-state index in [1.54, 1.807) is 0 Å². The van der Waals surface area contributed by atoms with Crippen molar-refractivity contribution in [3.05, 3.63) is 71.8 Å². The first-order valence-corrected chi connectivity index (χ1v) is 8.00. The predicted molar refractivity (Wildman–Crippen MR) is 104 cm³/mol. The third kappa shape index (κ3) is 5.76. The average Bonchev–Trinajstić information content (AvgIpc) is 2.58. The van der Waals surface area contributed by atoms with E-state index in [1.807, 2.05) is 6.07 Å². The van der Waals surface area contributed by atoms with Gasteiger partial charge in [-0.05, 0) is 11.1 Å². The maximum Gasteiger partial charge on any atom is 0.0599 e. The zero-order chi connectivity index (χ0) is 15.2. The molecule has 0 radical (unpaired) electrons. The first kappa shape index (κ1) is 20.9. The average molecular weight is 369 g/mol. The maximum atomic E-state index is 9.75. The highest BCUT2D eigenvalue weighted by Gasteiger charge is 2.26. The summed E-state index contributed by atoms with van der Waals surface area (Å²) in [6, 6.07) is 21.3. The second-order valence-corrected chi connectivity index (χ2v) is 6.01. The van der Waals surface area contributed by atoms with E-state index in [-0.39, 0.29) is 37.5 Å². The third-order valence-electron chi connectivity index (χ3n) is 4.38. The van der Waals surface area contributed by atoms with Gasteiger partial charge in [0.25, 0.3) is 0 Å². The van der Waals surface area contributed by atoms with Gasteiger partial charge in [-0.2, -0.15) is 0 Å². The summed E-state index contributed by atoms with van der Waals surface area (Å²) in [5.74, 6) is 0. The van der Waals surface area contributed by atoms with Crippen LogP contribution in [0.2, 0.25) is 0 Å². The van der Waals surface area contributed by atoms with Gasteiger partial charge in [-0.25, -0.2) is 0 Å². The van der Waals surface area contributed by atoms with Crippen molar-refractivity contribution in [1.29, 1.82) is 0 Å². The quantitative estimate of drug-likeness (QED) is 0.877. The smallest absolute Gasteiger partial charge is 0.0599 e. The van der Waals surface area contributed by atoms with E-state index in [4.69, 9.17) is 0 Å². The van der Waals surface area contributed by atoms with Gasteiger partial charge >= 0.3 is 0 Å². The zero-order valence-corrected chi connectivity index (χ0v) is 15.4. The molecule has 0 saturated carbocycles. The lowest BCUT2D eigenvalue weighted by Gasteiger charge is -2.40. The Kier molecular flexibility index (Phi) is 9.34. The summed E-state index contributed by atoms with van der Waals surface area (Å²) in [7, 11) is 0. The summed E-state index contributed by atoms with van der Waals surface area (Å²) in [5.41, 5.74) is 2.66. The minimum atomic E-state index is 0. The molecule has 0 aromatic heterocycles. The van der Waals surface area contributed by atoms with Crippen molar-refractivity contribution in [3.8, 4) is 0 Å². The Morgan fingerprint density at radius 3 is 1.88 bits per heavy atom. The molecule has 1 aliphatic rings. The van der Waals surface area contributed by atoms with Crippen LogP contribution in [0.4, 0.5) is 0 Å². The lowest BCUT2D eigenvalue weighted by molar-refractivity contribution is 0.0316. The van der Waals surface area contributed by atoms with E-state index >= 15 is 0 Å². The van der Waals surface area contributed by atoms with Crippen molar-refractivity contribution in [2.24, 2.45) is 0 Å². The minimum Gasteiger partial charge on any atom is -0.395 e. The molecule has 5 heteroatoms. The predicted octanol–water partition coefficient (Wildman–Crippen LogP) is 3.21. The zero-order valence-electron chi connectivity index (χ0n) is 13.8. The highest BCUT2D eigenvalue weighted by molar-refractivity contribution is 5.85. The lowest BCUT2D eigenvalue weighted by atomic mass is 10.1. The number of halogens is 2. The standard InChI is InChI=1S/C19H24N2O.2ClH/c22-16-19-15-20(13-17-7-3-1-4-8-17)11-12-21(19)14-18-9-5-2-6-10-18;;/h1-10,19,22H,11-16H2;2*1H/t19-;;/m1../s1. The molecule has 2 aromatic carbocycles. The van der Waals surface area contributed by atoms with Crippen LogP contribution in [0.3, 0.4) is 0 Å². The molecule has 1 N–H and O–H groups in total. The van der Waals surface area contributed by atoms with Crippen molar-refractivity contribution in [2.45, 2.75) is 19.1 Å². The van der Waals surface area contributed by atoms with Gasteiger partial charge < -0.3 is 5.11 Å². The normalized spacial score (nSPS) is 18.5. The molecule has 1 atom stereocenters. The molecule has 3 nitrogen and oxygen atoms in total. The molecule has 24 heavy (non-hydrogen) atoms. The van der Waals surface area contributed by atoms with Crippen LogP contribution in [-0.4, -0.2) is 47.2 Å². The Hall–Kier alpha value is -1.10. The van der Waals surface area contributed by atoms with Crippen LogP contribution >= 0.6 is 24.8 Å². The van der Waals surface area contributed by atoms with E-state index in [0.717, 1.165) is 32.7 Å².